The maximum Gasteiger partial charge on any atom is 0.322 e. The molecule has 1 aliphatic rings. The fourth-order valence-electron chi connectivity index (χ4n) is 3.11. The van der Waals surface area contributed by atoms with E-state index >= 15 is 0 Å². The number of aryl methyl sites for hydroxylation is 1. The van der Waals surface area contributed by atoms with Crippen LogP contribution in [0.15, 0.2) is 48.9 Å². The van der Waals surface area contributed by atoms with Crippen molar-refractivity contribution < 1.29 is 4.79 Å². The van der Waals surface area contributed by atoms with E-state index in [1.807, 2.05) is 4.90 Å². The van der Waals surface area contributed by atoms with Gasteiger partial charge in [0.1, 0.15) is 0 Å². The van der Waals surface area contributed by atoms with Crippen LogP contribution in [0.25, 0.3) is 5.82 Å². The first-order chi connectivity index (χ1) is 12.7. The van der Waals surface area contributed by atoms with Crippen molar-refractivity contribution in [1.29, 1.82) is 0 Å². The van der Waals surface area contributed by atoms with Crippen molar-refractivity contribution in [3.05, 3.63) is 65.6 Å². The molecular weight excluding hydrogens is 328 g/mol. The lowest BCUT2D eigenvalue weighted by molar-refractivity contribution is 0.206. The van der Waals surface area contributed by atoms with Gasteiger partial charge >= 0.3 is 6.03 Å². The number of pyridine rings is 1. The number of carbonyl (C=O) groups excluding carboxylic acids is 1. The second-order valence-electron chi connectivity index (χ2n) is 6.28. The van der Waals surface area contributed by atoms with Gasteiger partial charge in [0.25, 0.3) is 0 Å². The minimum absolute atomic E-state index is 0.109. The van der Waals surface area contributed by atoms with E-state index < -0.39 is 0 Å². The van der Waals surface area contributed by atoms with Gasteiger partial charge < -0.3 is 10.2 Å². The first-order valence-corrected chi connectivity index (χ1v) is 8.72. The van der Waals surface area contributed by atoms with Crippen LogP contribution in [0.1, 0.15) is 23.6 Å². The van der Waals surface area contributed by atoms with Crippen LogP contribution in [0.3, 0.4) is 0 Å². The molecule has 2 aromatic heterocycles. The number of fused-ring (bicyclic) bond motifs is 1. The van der Waals surface area contributed by atoms with Crippen molar-refractivity contribution in [3.63, 3.8) is 0 Å². The molecule has 0 atom stereocenters. The minimum Gasteiger partial charge on any atom is -0.320 e. The standard InChI is InChI=1S/C19H20N6O/c1-2-14-3-4-16-13-24(10-7-15(16)11-14)19(26)23-17-5-6-18(20-12-17)25-21-8-9-22-25/h3-6,8-9,11-12H,2,7,10,13H2,1H3,(H,23,26). The third kappa shape index (κ3) is 3.28. The predicted octanol–water partition coefficient (Wildman–Crippen LogP) is 2.81. The van der Waals surface area contributed by atoms with Crippen molar-refractivity contribution in [3.8, 4) is 5.82 Å². The van der Waals surface area contributed by atoms with E-state index in [-0.39, 0.29) is 6.03 Å². The molecule has 1 aromatic carbocycles. The van der Waals surface area contributed by atoms with E-state index in [4.69, 9.17) is 0 Å². The van der Waals surface area contributed by atoms with E-state index in [1.54, 1.807) is 30.7 Å². The summed E-state index contributed by atoms with van der Waals surface area (Å²) in [6, 6.07) is 10.0. The van der Waals surface area contributed by atoms with Crippen LogP contribution in [0.5, 0.6) is 0 Å². The van der Waals surface area contributed by atoms with Gasteiger partial charge in [0, 0.05) is 13.1 Å². The van der Waals surface area contributed by atoms with Gasteiger partial charge in [-0.25, -0.2) is 9.78 Å². The molecule has 3 aromatic rings. The molecule has 1 N–H and O–H groups in total. The average molecular weight is 348 g/mol. The molecule has 0 saturated heterocycles. The van der Waals surface area contributed by atoms with Gasteiger partial charge in [0.05, 0.1) is 24.3 Å². The summed E-state index contributed by atoms with van der Waals surface area (Å²) in [6.07, 6.45) is 6.72. The molecule has 0 aliphatic carbocycles. The molecule has 0 radical (unpaired) electrons. The highest BCUT2D eigenvalue weighted by Gasteiger charge is 2.21. The van der Waals surface area contributed by atoms with E-state index in [0.717, 1.165) is 12.8 Å². The number of benzene rings is 1. The number of aromatic nitrogens is 4. The van der Waals surface area contributed by atoms with Crippen molar-refractivity contribution in [1.82, 2.24) is 24.9 Å². The topological polar surface area (TPSA) is 75.9 Å². The van der Waals surface area contributed by atoms with Gasteiger partial charge in [-0.05, 0) is 41.7 Å². The third-order valence-electron chi connectivity index (χ3n) is 4.60. The maximum atomic E-state index is 12.6. The van der Waals surface area contributed by atoms with Gasteiger partial charge in [-0.1, -0.05) is 25.1 Å². The van der Waals surface area contributed by atoms with E-state index in [2.05, 4.69) is 45.6 Å². The molecule has 0 unspecified atom stereocenters. The number of rotatable bonds is 3. The molecule has 1 aliphatic heterocycles. The summed E-state index contributed by atoms with van der Waals surface area (Å²) in [6.45, 7) is 3.51. The summed E-state index contributed by atoms with van der Waals surface area (Å²) in [4.78, 5) is 20.1. The van der Waals surface area contributed by atoms with Crippen molar-refractivity contribution in [2.75, 3.05) is 11.9 Å². The molecule has 2 amide bonds. The molecule has 0 saturated carbocycles. The Labute approximate surface area is 151 Å². The molecule has 7 nitrogen and oxygen atoms in total. The van der Waals surface area contributed by atoms with Gasteiger partial charge in [-0.3, -0.25) is 0 Å². The lowest BCUT2D eigenvalue weighted by Gasteiger charge is -2.29. The summed E-state index contributed by atoms with van der Waals surface area (Å²) >= 11 is 0. The number of urea groups is 1. The van der Waals surface area contributed by atoms with Gasteiger partial charge in [-0.2, -0.15) is 10.2 Å². The van der Waals surface area contributed by atoms with Gasteiger partial charge in [0.15, 0.2) is 5.82 Å². The third-order valence-corrected chi connectivity index (χ3v) is 4.60. The fourth-order valence-corrected chi connectivity index (χ4v) is 3.11. The first-order valence-electron chi connectivity index (χ1n) is 8.72. The number of nitrogens with zero attached hydrogens (tertiary/aromatic N) is 5. The Morgan fingerprint density at radius 2 is 2.00 bits per heavy atom. The second-order valence-corrected chi connectivity index (χ2v) is 6.28. The Bertz CT molecular complexity index is 904. The summed E-state index contributed by atoms with van der Waals surface area (Å²) in [5.41, 5.74) is 4.57. The Morgan fingerprint density at radius 3 is 2.73 bits per heavy atom. The predicted molar refractivity (Wildman–Crippen MR) is 98.1 cm³/mol. The molecule has 0 spiro atoms. The Kier molecular flexibility index (Phi) is 4.35. The molecule has 132 valence electrons. The Morgan fingerprint density at radius 1 is 1.15 bits per heavy atom. The van der Waals surface area contributed by atoms with Crippen molar-refractivity contribution in [2.45, 2.75) is 26.3 Å². The normalized spacial score (nSPS) is 13.3. The van der Waals surface area contributed by atoms with Crippen LogP contribution in [0.4, 0.5) is 10.5 Å². The highest BCUT2D eigenvalue weighted by molar-refractivity contribution is 5.89. The summed E-state index contributed by atoms with van der Waals surface area (Å²) in [7, 11) is 0. The van der Waals surface area contributed by atoms with Crippen LogP contribution in [0, 0.1) is 0 Å². The molecule has 26 heavy (non-hydrogen) atoms. The van der Waals surface area contributed by atoms with E-state index in [9.17, 15) is 4.79 Å². The molecular formula is C19H20N6O. The van der Waals surface area contributed by atoms with Gasteiger partial charge in [0.2, 0.25) is 0 Å². The molecule has 0 fully saturated rings. The fraction of sp³-hybridized carbons (Fsp3) is 0.263. The number of carbonyl (C=O) groups is 1. The largest absolute Gasteiger partial charge is 0.322 e. The van der Waals surface area contributed by atoms with Crippen molar-refractivity contribution in [2.24, 2.45) is 0 Å². The van der Waals surface area contributed by atoms with Crippen LogP contribution in [-0.2, 0) is 19.4 Å². The number of hydrogen-bond donors (Lipinski definition) is 1. The first kappa shape index (κ1) is 16.3. The second kappa shape index (κ2) is 6.95. The average Bonchev–Trinajstić information content (AvgIpc) is 3.22. The van der Waals surface area contributed by atoms with E-state index in [0.29, 0.717) is 24.6 Å². The smallest absolute Gasteiger partial charge is 0.320 e. The number of amides is 2. The zero-order valence-corrected chi connectivity index (χ0v) is 14.6. The SMILES string of the molecule is CCc1ccc2c(c1)CCN(C(=O)Nc1ccc(-n3nccn3)nc1)C2. The van der Waals surface area contributed by atoms with Crippen LogP contribution in [-0.4, -0.2) is 37.5 Å². The zero-order valence-electron chi connectivity index (χ0n) is 14.6. The monoisotopic (exact) mass is 348 g/mol. The van der Waals surface area contributed by atoms with Crippen LogP contribution in [0.2, 0.25) is 0 Å². The summed E-state index contributed by atoms with van der Waals surface area (Å²) in [5.74, 6) is 0.603. The number of nitrogens with one attached hydrogen (secondary N) is 1. The van der Waals surface area contributed by atoms with E-state index in [1.165, 1.54) is 21.5 Å². The van der Waals surface area contributed by atoms with Gasteiger partial charge in [-0.15, -0.1) is 4.80 Å². The summed E-state index contributed by atoms with van der Waals surface area (Å²) in [5, 5.41) is 11.0. The van der Waals surface area contributed by atoms with Crippen LogP contribution < -0.4 is 5.32 Å². The Hall–Kier alpha value is -3.22. The molecule has 7 heteroatoms. The van der Waals surface area contributed by atoms with Crippen molar-refractivity contribution >= 4 is 11.7 Å². The minimum atomic E-state index is -0.109. The highest BCUT2D eigenvalue weighted by Crippen LogP contribution is 2.21. The molecule has 3 heterocycles. The maximum absolute atomic E-state index is 12.6. The number of anilines is 1. The lowest BCUT2D eigenvalue weighted by Crippen LogP contribution is -2.38. The van der Waals surface area contributed by atoms with Crippen LogP contribution >= 0.6 is 0 Å². The molecule has 0 bridgehead atoms. The Balaban J connectivity index is 1.42. The number of hydrogen-bond acceptors (Lipinski definition) is 4. The highest BCUT2D eigenvalue weighted by atomic mass is 16.2. The zero-order chi connectivity index (χ0) is 17.9. The summed E-state index contributed by atoms with van der Waals surface area (Å²) < 4.78 is 0. The molecule has 4 rings (SSSR count). The lowest BCUT2D eigenvalue weighted by atomic mass is 9.97. The quantitative estimate of drug-likeness (QED) is 0.790.